The first-order chi connectivity index (χ1) is 9.52. The first kappa shape index (κ1) is 13.8. The summed E-state index contributed by atoms with van der Waals surface area (Å²) in [6.45, 7) is 3.92. The van der Waals surface area contributed by atoms with Crippen LogP contribution in [0.5, 0.6) is 0 Å². The summed E-state index contributed by atoms with van der Waals surface area (Å²) >= 11 is 0. The number of carboxylic acids is 1. The van der Waals surface area contributed by atoms with Gasteiger partial charge in [-0.05, 0) is 23.6 Å². The zero-order chi connectivity index (χ0) is 14.7. The fourth-order valence-electron chi connectivity index (χ4n) is 2.01. The molecule has 1 heterocycles. The number of carbonyl (C=O) groups is 1. The van der Waals surface area contributed by atoms with Crippen LogP contribution in [0.3, 0.4) is 0 Å². The lowest BCUT2D eigenvalue weighted by atomic mass is 9.99. The van der Waals surface area contributed by atoms with Crippen LogP contribution in [-0.4, -0.2) is 22.6 Å². The molecule has 5 heteroatoms. The lowest BCUT2D eigenvalue weighted by Crippen LogP contribution is -2.13. The topological polar surface area (TPSA) is 86.0 Å². The van der Waals surface area contributed by atoms with E-state index in [-0.39, 0.29) is 6.54 Å². The predicted octanol–water partition coefficient (Wildman–Crippen LogP) is 2.73. The molecule has 0 unspecified atom stereocenters. The van der Waals surface area contributed by atoms with E-state index in [4.69, 9.17) is 10.4 Å². The quantitative estimate of drug-likeness (QED) is 0.891. The molecule has 0 atom stereocenters. The van der Waals surface area contributed by atoms with Crippen molar-refractivity contribution in [3.05, 3.63) is 35.5 Å². The average molecular weight is 269 g/mol. The Kier molecular flexibility index (Phi) is 3.85. The first-order valence-corrected chi connectivity index (χ1v) is 6.31. The number of rotatable bonds is 4. The number of benzene rings is 1. The van der Waals surface area contributed by atoms with Gasteiger partial charge in [0.05, 0.1) is 16.8 Å². The minimum Gasteiger partial charge on any atom is -0.480 e. The molecular formula is C15H15N3O2. The number of fused-ring (bicyclic) bond motifs is 1. The maximum absolute atomic E-state index is 10.7. The van der Waals surface area contributed by atoms with Crippen molar-refractivity contribution in [2.24, 2.45) is 0 Å². The summed E-state index contributed by atoms with van der Waals surface area (Å²) in [5, 5.41) is 21.5. The van der Waals surface area contributed by atoms with Crippen molar-refractivity contribution in [2.75, 3.05) is 11.9 Å². The highest BCUT2D eigenvalue weighted by atomic mass is 16.4. The third-order valence-corrected chi connectivity index (χ3v) is 3.10. The van der Waals surface area contributed by atoms with E-state index in [0.29, 0.717) is 17.2 Å². The van der Waals surface area contributed by atoms with Gasteiger partial charge in [0, 0.05) is 11.6 Å². The van der Waals surface area contributed by atoms with Gasteiger partial charge in [-0.2, -0.15) is 5.26 Å². The number of pyridine rings is 1. The van der Waals surface area contributed by atoms with Gasteiger partial charge in [0.1, 0.15) is 12.6 Å². The molecule has 0 saturated heterocycles. The average Bonchev–Trinajstić information content (AvgIpc) is 2.43. The summed E-state index contributed by atoms with van der Waals surface area (Å²) in [6.07, 6.45) is 1.46. The van der Waals surface area contributed by atoms with Gasteiger partial charge in [-0.25, -0.2) is 0 Å². The number of hydrogen-bond acceptors (Lipinski definition) is 4. The molecule has 5 nitrogen and oxygen atoms in total. The van der Waals surface area contributed by atoms with Crippen molar-refractivity contribution in [1.82, 2.24) is 4.98 Å². The van der Waals surface area contributed by atoms with Gasteiger partial charge in [-0.1, -0.05) is 19.9 Å². The standard InChI is InChI=1S/C15H15N3O2/c1-9(2)10-3-4-13-12(5-10)15(18-8-14(19)20)11(6-16)7-17-13/h3-5,7,9H,8H2,1-2H3,(H,17,18)(H,19,20). The largest absolute Gasteiger partial charge is 0.480 e. The Hall–Kier alpha value is -2.61. The van der Waals surface area contributed by atoms with Gasteiger partial charge in [-0.3, -0.25) is 9.78 Å². The van der Waals surface area contributed by atoms with E-state index in [1.54, 1.807) is 0 Å². The van der Waals surface area contributed by atoms with Crippen molar-refractivity contribution < 1.29 is 9.90 Å². The Bertz CT molecular complexity index is 702. The molecule has 1 aromatic heterocycles. The molecular weight excluding hydrogens is 254 g/mol. The van der Waals surface area contributed by atoms with E-state index in [1.807, 2.05) is 24.3 Å². The molecule has 0 amide bonds. The zero-order valence-corrected chi connectivity index (χ0v) is 11.3. The summed E-state index contributed by atoms with van der Waals surface area (Å²) in [7, 11) is 0. The van der Waals surface area contributed by atoms with Crippen molar-refractivity contribution in [3.8, 4) is 6.07 Å². The van der Waals surface area contributed by atoms with Gasteiger partial charge < -0.3 is 10.4 Å². The van der Waals surface area contributed by atoms with Crippen LogP contribution in [0.4, 0.5) is 5.69 Å². The van der Waals surface area contributed by atoms with Crippen molar-refractivity contribution in [3.63, 3.8) is 0 Å². The number of carboxylic acid groups (broad SMARTS) is 1. The van der Waals surface area contributed by atoms with Crippen LogP contribution in [0, 0.1) is 11.3 Å². The number of nitrogens with zero attached hydrogens (tertiary/aromatic N) is 2. The fraction of sp³-hybridized carbons (Fsp3) is 0.267. The highest BCUT2D eigenvalue weighted by Crippen LogP contribution is 2.28. The van der Waals surface area contributed by atoms with Crippen LogP contribution >= 0.6 is 0 Å². The number of nitriles is 1. The second kappa shape index (κ2) is 5.57. The molecule has 2 aromatic rings. The molecule has 0 aliphatic rings. The van der Waals surface area contributed by atoms with E-state index in [2.05, 4.69) is 24.1 Å². The highest BCUT2D eigenvalue weighted by Gasteiger charge is 2.11. The molecule has 0 fully saturated rings. The Morgan fingerprint density at radius 3 is 2.85 bits per heavy atom. The lowest BCUT2D eigenvalue weighted by Gasteiger charge is -2.12. The molecule has 0 bridgehead atoms. The van der Waals surface area contributed by atoms with Gasteiger partial charge in [0.15, 0.2) is 0 Å². The Balaban J connectivity index is 2.62. The number of anilines is 1. The maximum atomic E-state index is 10.7. The van der Waals surface area contributed by atoms with Crippen molar-refractivity contribution in [1.29, 1.82) is 5.26 Å². The molecule has 2 rings (SSSR count). The van der Waals surface area contributed by atoms with Crippen LogP contribution in [-0.2, 0) is 4.79 Å². The van der Waals surface area contributed by atoms with Crippen LogP contribution in [0.1, 0.15) is 30.9 Å². The third-order valence-electron chi connectivity index (χ3n) is 3.10. The zero-order valence-electron chi connectivity index (χ0n) is 11.3. The van der Waals surface area contributed by atoms with E-state index in [0.717, 1.165) is 16.5 Å². The van der Waals surface area contributed by atoms with Crippen molar-refractivity contribution in [2.45, 2.75) is 19.8 Å². The maximum Gasteiger partial charge on any atom is 0.322 e. The molecule has 0 aliphatic carbocycles. The molecule has 2 N–H and O–H groups in total. The second-order valence-corrected chi connectivity index (χ2v) is 4.84. The summed E-state index contributed by atoms with van der Waals surface area (Å²) < 4.78 is 0. The molecule has 0 spiro atoms. The minimum atomic E-state index is -0.973. The molecule has 0 aliphatic heterocycles. The molecule has 1 aromatic carbocycles. The fourth-order valence-corrected chi connectivity index (χ4v) is 2.01. The highest BCUT2D eigenvalue weighted by molar-refractivity contribution is 5.95. The summed E-state index contributed by atoms with van der Waals surface area (Å²) in [5.74, 6) is -0.628. The Morgan fingerprint density at radius 2 is 2.25 bits per heavy atom. The summed E-state index contributed by atoms with van der Waals surface area (Å²) in [4.78, 5) is 15.0. The lowest BCUT2D eigenvalue weighted by molar-refractivity contribution is -0.134. The van der Waals surface area contributed by atoms with E-state index >= 15 is 0 Å². The Morgan fingerprint density at radius 1 is 1.50 bits per heavy atom. The van der Waals surface area contributed by atoms with Gasteiger partial charge in [-0.15, -0.1) is 0 Å². The van der Waals surface area contributed by atoms with Crippen LogP contribution < -0.4 is 5.32 Å². The number of aromatic nitrogens is 1. The molecule has 0 saturated carbocycles. The summed E-state index contributed by atoms with van der Waals surface area (Å²) in [5.41, 5.74) is 2.73. The summed E-state index contributed by atoms with van der Waals surface area (Å²) in [6, 6.07) is 7.88. The van der Waals surface area contributed by atoms with E-state index in [9.17, 15) is 4.79 Å². The van der Waals surface area contributed by atoms with Crippen molar-refractivity contribution >= 4 is 22.6 Å². The van der Waals surface area contributed by atoms with Gasteiger partial charge >= 0.3 is 5.97 Å². The Labute approximate surface area is 116 Å². The SMILES string of the molecule is CC(C)c1ccc2ncc(C#N)c(NCC(=O)O)c2c1. The monoisotopic (exact) mass is 269 g/mol. The normalized spacial score (nSPS) is 10.5. The predicted molar refractivity (Wildman–Crippen MR) is 76.7 cm³/mol. The smallest absolute Gasteiger partial charge is 0.322 e. The second-order valence-electron chi connectivity index (χ2n) is 4.84. The number of aliphatic carboxylic acids is 1. The first-order valence-electron chi connectivity index (χ1n) is 6.31. The minimum absolute atomic E-state index is 0.236. The third kappa shape index (κ3) is 2.69. The van der Waals surface area contributed by atoms with Crippen LogP contribution in [0.2, 0.25) is 0 Å². The molecule has 20 heavy (non-hydrogen) atoms. The number of hydrogen-bond donors (Lipinski definition) is 2. The van der Waals surface area contributed by atoms with E-state index in [1.165, 1.54) is 6.20 Å². The molecule has 102 valence electrons. The van der Waals surface area contributed by atoms with Crippen LogP contribution in [0.25, 0.3) is 10.9 Å². The van der Waals surface area contributed by atoms with E-state index < -0.39 is 5.97 Å². The molecule has 0 radical (unpaired) electrons. The van der Waals surface area contributed by atoms with Gasteiger partial charge in [0.25, 0.3) is 0 Å². The number of nitrogens with one attached hydrogen (secondary N) is 1. The van der Waals surface area contributed by atoms with Crippen LogP contribution in [0.15, 0.2) is 24.4 Å². The van der Waals surface area contributed by atoms with Gasteiger partial charge in [0.2, 0.25) is 0 Å².